The summed E-state index contributed by atoms with van der Waals surface area (Å²) in [4.78, 5) is 0. The maximum atomic E-state index is 14.4. The fourth-order valence-electron chi connectivity index (χ4n) is 3.00. The number of fused-ring (bicyclic) bond motifs is 1. The maximum absolute atomic E-state index is 14.4. The predicted octanol–water partition coefficient (Wildman–Crippen LogP) is 4.82. The fraction of sp³-hybridized carbons (Fsp3) is 0.263. The minimum absolute atomic E-state index is 0.00721. The smallest absolute Gasteiger partial charge is 0.119 e. The monoisotopic (exact) mass is 297 g/mol. The van der Waals surface area contributed by atoms with Gasteiger partial charge in [0.2, 0.25) is 0 Å². The van der Waals surface area contributed by atoms with Crippen molar-refractivity contribution in [3.8, 4) is 5.75 Å². The first-order valence-corrected chi connectivity index (χ1v) is 7.56. The topological polar surface area (TPSA) is 21.3 Å². The van der Waals surface area contributed by atoms with Crippen molar-refractivity contribution >= 4 is 11.3 Å². The molecule has 1 aliphatic rings. The molecule has 114 valence electrons. The molecule has 2 nitrogen and oxygen atoms in total. The molecule has 0 spiro atoms. The molecule has 0 saturated heterocycles. The number of anilines is 1. The number of benzene rings is 2. The van der Waals surface area contributed by atoms with E-state index in [4.69, 9.17) is 4.74 Å². The number of hydrogen-bond acceptors (Lipinski definition) is 2. The highest BCUT2D eigenvalue weighted by Gasteiger charge is 2.23. The molecular weight excluding hydrogens is 277 g/mol. The first-order chi connectivity index (χ1) is 10.7. The van der Waals surface area contributed by atoms with Gasteiger partial charge in [0.1, 0.15) is 11.6 Å². The van der Waals surface area contributed by atoms with Crippen LogP contribution in [-0.2, 0) is 6.42 Å². The van der Waals surface area contributed by atoms with Gasteiger partial charge in [0.15, 0.2) is 0 Å². The van der Waals surface area contributed by atoms with E-state index in [0.29, 0.717) is 6.42 Å². The summed E-state index contributed by atoms with van der Waals surface area (Å²) in [6, 6.07) is 15.7. The highest BCUT2D eigenvalue weighted by atomic mass is 19.1. The van der Waals surface area contributed by atoms with Crippen LogP contribution >= 0.6 is 0 Å². The Labute approximate surface area is 130 Å². The summed E-state index contributed by atoms with van der Waals surface area (Å²) in [5, 5.41) is 3.38. The zero-order chi connectivity index (χ0) is 15.5. The van der Waals surface area contributed by atoms with Crippen molar-refractivity contribution in [3.05, 3.63) is 65.5 Å². The van der Waals surface area contributed by atoms with Gasteiger partial charge in [-0.2, -0.15) is 0 Å². The lowest BCUT2D eigenvalue weighted by molar-refractivity contribution is 0.415. The number of aryl methyl sites for hydroxylation is 1. The molecule has 1 unspecified atom stereocenters. The van der Waals surface area contributed by atoms with Gasteiger partial charge in [0.05, 0.1) is 13.2 Å². The van der Waals surface area contributed by atoms with Gasteiger partial charge in [0, 0.05) is 17.7 Å². The molecule has 0 fully saturated rings. The molecule has 3 heteroatoms. The summed E-state index contributed by atoms with van der Waals surface area (Å²) >= 11 is 0. The van der Waals surface area contributed by atoms with Crippen LogP contribution in [0.1, 0.15) is 24.5 Å². The second-order valence-corrected chi connectivity index (χ2v) is 5.57. The van der Waals surface area contributed by atoms with Crippen LogP contribution in [-0.4, -0.2) is 13.2 Å². The second-order valence-electron chi connectivity index (χ2n) is 5.57. The van der Waals surface area contributed by atoms with Crippen LogP contribution in [0.4, 0.5) is 10.1 Å². The van der Waals surface area contributed by atoms with E-state index in [9.17, 15) is 4.39 Å². The molecule has 0 amide bonds. The van der Waals surface area contributed by atoms with Crippen molar-refractivity contribution in [2.75, 3.05) is 12.4 Å². The SMILES string of the molecule is COc1ccc(NC(C)C2=C(F)CCc3ccccc32)cc1. The number of nitrogens with one attached hydrogen (secondary N) is 1. The molecule has 3 rings (SSSR count). The third kappa shape index (κ3) is 2.84. The summed E-state index contributed by atoms with van der Waals surface area (Å²) in [5.74, 6) is 0.804. The van der Waals surface area contributed by atoms with Crippen molar-refractivity contribution in [1.29, 1.82) is 0 Å². The van der Waals surface area contributed by atoms with Crippen molar-refractivity contribution in [3.63, 3.8) is 0 Å². The van der Waals surface area contributed by atoms with Crippen molar-refractivity contribution in [2.24, 2.45) is 0 Å². The maximum Gasteiger partial charge on any atom is 0.119 e. The zero-order valence-electron chi connectivity index (χ0n) is 12.9. The molecule has 0 saturated carbocycles. The molecule has 1 atom stereocenters. The highest BCUT2D eigenvalue weighted by Crippen LogP contribution is 2.35. The van der Waals surface area contributed by atoms with E-state index in [1.807, 2.05) is 49.4 Å². The number of ether oxygens (including phenoxy) is 1. The highest BCUT2D eigenvalue weighted by molar-refractivity contribution is 5.77. The lowest BCUT2D eigenvalue weighted by Crippen LogP contribution is -2.21. The Morgan fingerprint density at radius 2 is 1.77 bits per heavy atom. The molecule has 0 aromatic heterocycles. The Kier molecular flexibility index (Phi) is 4.14. The quantitative estimate of drug-likeness (QED) is 0.873. The molecule has 1 aliphatic carbocycles. The minimum atomic E-state index is -0.0881. The molecule has 0 bridgehead atoms. The molecule has 2 aromatic rings. The van der Waals surface area contributed by atoms with Crippen LogP contribution in [0.15, 0.2) is 54.4 Å². The van der Waals surface area contributed by atoms with Gasteiger partial charge in [-0.15, -0.1) is 0 Å². The average molecular weight is 297 g/mol. The van der Waals surface area contributed by atoms with E-state index in [1.165, 1.54) is 5.56 Å². The number of halogens is 1. The normalized spacial score (nSPS) is 15.2. The van der Waals surface area contributed by atoms with Crippen molar-refractivity contribution in [2.45, 2.75) is 25.8 Å². The molecule has 22 heavy (non-hydrogen) atoms. The van der Waals surface area contributed by atoms with Gasteiger partial charge in [-0.25, -0.2) is 4.39 Å². The van der Waals surface area contributed by atoms with Gasteiger partial charge >= 0.3 is 0 Å². The van der Waals surface area contributed by atoms with Crippen LogP contribution in [0.5, 0.6) is 5.75 Å². The Morgan fingerprint density at radius 3 is 2.50 bits per heavy atom. The molecule has 0 radical (unpaired) electrons. The van der Waals surface area contributed by atoms with Gasteiger partial charge in [-0.1, -0.05) is 24.3 Å². The predicted molar refractivity (Wildman–Crippen MR) is 88.9 cm³/mol. The van der Waals surface area contributed by atoms with E-state index in [2.05, 4.69) is 11.4 Å². The minimum Gasteiger partial charge on any atom is -0.497 e. The standard InChI is InChI=1S/C19H20FNO/c1-13(21-15-8-10-16(22-2)11-9-15)19-17-6-4-3-5-14(17)7-12-18(19)20/h3-6,8-11,13,21H,7,12H2,1-2H3. The number of methoxy groups -OCH3 is 1. The molecular formula is C19H20FNO. The molecule has 2 aromatic carbocycles. The Bertz CT molecular complexity index is 691. The summed E-state index contributed by atoms with van der Waals surface area (Å²) in [6.45, 7) is 2.00. The number of hydrogen-bond donors (Lipinski definition) is 1. The average Bonchev–Trinajstić information content (AvgIpc) is 2.55. The van der Waals surface area contributed by atoms with E-state index in [0.717, 1.165) is 29.0 Å². The van der Waals surface area contributed by atoms with Gasteiger partial charge < -0.3 is 10.1 Å². The largest absolute Gasteiger partial charge is 0.497 e. The number of allylic oxidation sites excluding steroid dienone is 1. The second kappa shape index (κ2) is 6.22. The Balaban J connectivity index is 1.85. The first kappa shape index (κ1) is 14.6. The zero-order valence-corrected chi connectivity index (χ0v) is 12.9. The summed E-state index contributed by atoms with van der Waals surface area (Å²) in [7, 11) is 1.64. The molecule has 0 aliphatic heterocycles. The van der Waals surface area contributed by atoms with Crippen LogP contribution in [0.25, 0.3) is 5.57 Å². The molecule has 1 N–H and O–H groups in total. The van der Waals surface area contributed by atoms with Crippen LogP contribution in [0, 0.1) is 0 Å². The third-order valence-electron chi connectivity index (χ3n) is 4.12. The Morgan fingerprint density at radius 1 is 1.05 bits per heavy atom. The Hall–Kier alpha value is -2.29. The van der Waals surface area contributed by atoms with Crippen LogP contribution in [0.2, 0.25) is 0 Å². The van der Waals surface area contributed by atoms with Gasteiger partial charge in [-0.05, 0) is 48.7 Å². The van der Waals surface area contributed by atoms with Gasteiger partial charge in [-0.3, -0.25) is 0 Å². The lowest BCUT2D eigenvalue weighted by Gasteiger charge is -2.25. The van der Waals surface area contributed by atoms with E-state index < -0.39 is 0 Å². The van der Waals surface area contributed by atoms with E-state index in [-0.39, 0.29) is 11.9 Å². The van der Waals surface area contributed by atoms with Crippen LogP contribution < -0.4 is 10.1 Å². The summed E-state index contributed by atoms with van der Waals surface area (Å²) < 4.78 is 19.6. The summed E-state index contributed by atoms with van der Waals surface area (Å²) in [6.07, 6.45) is 1.27. The van der Waals surface area contributed by atoms with E-state index in [1.54, 1.807) is 7.11 Å². The fourth-order valence-corrected chi connectivity index (χ4v) is 3.00. The lowest BCUT2D eigenvalue weighted by atomic mass is 9.86. The van der Waals surface area contributed by atoms with Crippen molar-refractivity contribution in [1.82, 2.24) is 0 Å². The number of rotatable bonds is 4. The first-order valence-electron chi connectivity index (χ1n) is 7.56. The van der Waals surface area contributed by atoms with E-state index >= 15 is 0 Å². The van der Waals surface area contributed by atoms with Crippen molar-refractivity contribution < 1.29 is 9.13 Å². The van der Waals surface area contributed by atoms with Gasteiger partial charge in [0.25, 0.3) is 0 Å². The molecule has 0 heterocycles. The van der Waals surface area contributed by atoms with Crippen LogP contribution in [0.3, 0.4) is 0 Å². The summed E-state index contributed by atoms with van der Waals surface area (Å²) in [5.41, 5.74) is 3.98. The third-order valence-corrected chi connectivity index (χ3v) is 4.12.